The van der Waals surface area contributed by atoms with E-state index in [-0.39, 0.29) is 11.9 Å². The molecular weight excluding hydrogens is 285 g/mol. The van der Waals surface area contributed by atoms with Crippen molar-refractivity contribution in [2.45, 2.75) is 50.2 Å². The van der Waals surface area contributed by atoms with Crippen molar-refractivity contribution in [3.8, 4) is 0 Å². The number of nitrogens with two attached hydrogens (primary N) is 1. The maximum atomic E-state index is 14.1. The normalized spacial score (nSPS) is 12.5. The van der Waals surface area contributed by atoms with Gasteiger partial charge in [0.1, 0.15) is 5.82 Å². The summed E-state index contributed by atoms with van der Waals surface area (Å²) in [6.45, 7) is 7.79. The topological polar surface area (TPSA) is 51.8 Å². The number of benzene rings is 1. The zero-order valence-electron chi connectivity index (χ0n) is 12.8. The summed E-state index contributed by atoms with van der Waals surface area (Å²) in [6.07, 6.45) is 0.629. The first-order valence-corrected chi connectivity index (χ1v) is 7.72. The molecule has 3 nitrogen and oxygen atoms in total. The molecule has 0 bridgehead atoms. The third kappa shape index (κ3) is 3.80. The molecule has 0 aliphatic carbocycles. The lowest BCUT2D eigenvalue weighted by Crippen LogP contribution is -2.18. The largest absolute Gasteiger partial charge is 0.328 e. The molecule has 1 atom stereocenters. The van der Waals surface area contributed by atoms with Crippen LogP contribution in [0.1, 0.15) is 29.4 Å². The molecule has 0 fully saturated rings. The summed E-state index contributed by atoms with van der Waals surface area (Å²) in [5, 5.41) is 0.576. The van der Waals surface area contributed by atoms with Gasteiger partial charge in [0, 0.05) is 17.4 Å². The standard InChI is InChI=1S/C16H20FN3S/c1-9(18)8-13-6-5-7-14(17)15(13)21-16-19-11(3)10(2)12(4)20-16/h5-7,9H,8,18H2,1-4H3. The predicted molar refractivity (Wildman–Crippen MR) is 84.1 cm³/mol. The summed E-state index contributed by atoms with van der Waals surface area (Å²) in [5.74, 6) is -0.252. The van der Waals surface area contributed by atoms with Crippen LogP contribution in [-0.4, -0.2) is 16.0 Å². The van der Waals surface area contributed by atoms with Crippen molar-refractivity contribution in [2.24, 2.45) is 5.73 Å². The molecule has 2 N–H and O–H groups in total. The van der Waals surface area contributed by atoms with E-state index in [1.807, 2.05) is 33.8 Å². The molecule has 2 aromatic rings. The maximum absolute atomic E-state index is 14.1. The lowest BCUT2D eigenvalue weighted by molar-refractivity contribution is 0.592. The first-order chi connectivity index (χ1) is 9.88. The molecule has 1 aromatic heterocycles. The number of rotatable bonds is 4. The van der Waals surface area contributed by atoms with Gasteiger partial charge < -0.3 is 5.73 Å². The summed E-state index contributed by atoms with van der Waals surface area (Å²) >= 11 is 1.27. The number of halogens is 1. The molecule has 21 heavy (non-hydrogen) atoms. The van der Waals surface area contributed by atoms with Crippen molar-refractivity contribution in [1.29, 1.82) is 0 Å². The molecule has 0 spiro atoms. The molecule has 0 saturated carbocycles. The third-order valence-electron chi connectivity index (χ3n) is 3.40. The highest BCUT2D eigenvalue weighted by Gasteiger charge is 2.14. The van der Waals surface area contributed by atoms with Crippen molar-refractivity contribution in [1.82, 2.24) is 9.97 Å². The molecule has 0 aliphatic heterocycles. The number of aromatic nitrogens is 2. The number of nitrogens with zero attached hydrogens (tertiary/aromatic N) is 2. The van der Waals surface area contributed by atoms with Crippen LogP contribution in [0.5, 0.6) is 0 Å². The number of hydrogen-bond donors (Lipinski definition) is 1. The number of hydrogen-bond acceptors (Lipinski definition) is 4. The van der Waals surface area contributed by atoms with E-state index < -0.39 is 0 Å². The van der Waals surface area contributed by atoms with Crippen LogP contribution >= 0.6 is 11.8 Å². The monoisotopic (exact) mass is 305 g/mol. The van der Waals surface area contributed by atoms with Gasteiger partial charge in [0.15, 0.2) is 5.16 Å². The Hall–Kier alpha value is -1.46. The van der Waals surface area contributed by atoms with Crippen molar-refractivity contribution in [3.63, 3.8) is 0 Å². The van der Waals surface area contributed by atoms with E-state index in [2.05, 4.69) is 9.97 Å². The highest BCUT2D eigenvalue weighted by molar-refractivity contribution is 7.99. The Morgan fingerprint density at radius 3 is 2.38 bits per heavy atom. The lowest BCUT2D eigenvalue weighted by atomic mass is 10.1. The zero-order valence-corrected chi connectivity index (χ0v) is 13.6. The van der Waals surface area contributed by atoms with Crippen LogP contribution in [0.3, 0.4) is 0 Å². The molecule has 1 aromatic carbocycles. The smallest absolute Gasteiger partial charge is 0.193 e. The SMILES string of the molecule is Cc1nc(Sc2c(F)cccc2CC(C)N)nc(C)c1C. The molecule has 2 rings (SSSR count). The van der Waals surface area contributed by atoms with Crippen molar-refractivity contribution >= 4 is 11.8 Å². The van der Waals surface area contributed by atoms with Crippen LogP contribution in [-0.2, 0) is 6.42 Å². The Morgan fingerprint density at radius 2 is 1.81 bits per heavy atom. The van der Waals surface area contributed by atoms with E-state index in [0.29, 0.717) is 16.5 Å². The van der Waals surface area contributed by atoms with Gasteiger partial charge in [-0.25, -0.2) is 14.4 Å². The molecule has 112 valence electrons. The van der Waals surface area contributed by atoms with Gasteiger partial charge in [0.05, 0.1) is 4.90 Å². The Morgan fingerprint density at radius 1 is 1.19 bits per heavy atom. The van der Waals surface area contributed by atoms with E-state index in [9.17, 15) is 4.39 Å². The van der Waals surface area contributed by atoms with Crippen LogP contribution < -0.4 is 5.73 Å². The fourth-order valence-electron chi connectivity index (χ4n) is 2.05. The van der Waals surface area contributed by atoms with Crippen LogP contribution in [0.15, 0.2) is 28.3 Å². The fourth-order valence-corrected chi connectivity index (χ4v) is 3.05. The second kappa shape index (κ2) is 6.54. The van der Waals surface area contributed by atoms with E-state index in [4.69, 9.17) is 5.73 Å². The molecule has 0 amide bonds. The van der Waals surface area contributed by atoms with Gasteiger partial charge in [-0.3, -0.25) is 0 Å². The summed E-state index contributed by atoms with van der Waals surface area (Å²) in [7, 11) is 0. The average molecular weight is 305 g/mol. The van der Waals surface area contributed by atoms with Crippen molar-refractivity contribution < 1.29 is 4.39 Å². The minimum absolute atomic E-state index is 0.0199. The van der Waals surface area contributed by atoms with E-state index in [0.717, 1.165) is 22.5 Å². The summed E-state index contributed by atoms with van der Waals surface area (Å²) in [5.41, 5.74) is 9.66. The van der Waals surface area contributed by atoms with E-state index >= 15 is 0 Å². The predicted octanol–water partition coefficient (Wildman–Crippen LogP) is 3.58. The van der Waals surface area contributed by atoms with Gasteiger partial charge in [0.2, 0.25) is 0 Å². The zero-order chi connectivity index (χ0) is 15.6. The second-order valence-electron chi connectivity index (χ2n) is 5.31. The molecule has 0 radical (unpaired) electrons. The number of aryl methyl sites for hydroxylation is 2. The third-order valence-corrected chi connectivity index (χ3v) is 4.42. The summed E-state index contributed by atoms with van der Waals surface area (Å²) in [4.78, 5) is 9.46. The maximum Gasteiger partial charge on any atom is 0.193 e. The van der Waals surface area contributed by atoms with E-state index in [1.54, 1.807) is 6.07 Å². The van der Waals surface area contributed by atoms with Crippen molar-refractivity contribution in [2.75, 3.05) is 0 Å². The fraction of sp³-hybridized carbons (Fsp3) is 0.375. The Balaban J connectivity index is 2.39. The van der Waals surface area contributed by atoms with Crippen LogP contribution in [0, 0.1) is 26.6 Å². The molecule has 1 heterocycles. The second-order valence-corrected chi connectivity index (χ2v) is 6.29. The lowest BCUT2D eigenvalue weighted by Gasteiger charge is -2.12. The Bertz CT molecular complexity index is 633. The molecule has 0 aliphatic rings. The van der Waals surface area contributed by atoms with Gasteiger partial charge in [-0.15, -0.1) is 0 Å². The van der Waals surface area contributed by atoms with Gasteiger partial charge in [-0.1, -0.05) is 12.1 Å². The van der Waals surface area contributed by atoms with Crippen LogP contribution in [0.2, 0.25) is 0 Å². The van der Waals surface area contributed by atoms with Gasteiger partial charge >= 0.3 is 0 Å². The molecular formula is C16H20FN3S. The first kappa shape index (κ1) is 15.9. The highest BCUT2D eigenvalue weighted by atomic mass is 32.2. The van der Waals surface area contributed by atoms with Gasteiger partial charge in [-0.05, 0) is 63.1 Å². The Labute approximate surface area is 129 Å². The Kier molecular flexibility index (Phi) is 4.96. The first-order valence-electron chi connectivity index (χ1n) is 6.91. The molecule has 1 unspecified atom stereocenters. The summed E-state index contributed by atoms with van der Waals surface area (Å²) in [6, 6.07) is 5.06. The minimum Gasteiger partial charge on any atom is -0.328 e. The van der Waals surface area contributed by atoms with E-state index in [1.165, 1.54) is 17.8 Å². The van der Waals surface area contributed by atoms with Crippen molar-refractivity contribution in [3.05, 3.63) is 46.5 Å². The molecule has 5 heteroatoms. The quantitative estimate of drug-likeness (QED) is 0.877. The summed E-state index contributed by atoms with van der Waals surface area (Å²) < 4.78 is 14.1. The van der Waals surface area contributed by atoms with Gasteiger partial charge in [0.25, 0.3) is 0 Å². The highest BCUT2D eigenvalue weighted by Crippen LogP contribution is 2.32. The molecule has 0 saturated heterocycles. The van der Waals surface area contributed by atoms with Gasteiger partial charge in [-0.2, -0.15) is 0 Å². The van der Waals surface area contributed by atoms with Crippen LogP contribution in [0.4, 0.5) is 4.39 Å². The van der Waals surface area contributed by atoms with Crippen LogP contribution in [0.25, 0.3) is 0 Å². The average Bonchev–Trinajstić information content (AvgIpc) is 2.39. The minimum atomic E-state index is -0.252.